The Morgan fingerprint density at radius 2 is 2.03 bits per heavy atom. The summed E-state index contributed by atoms with van der Waals surface area (Å²) < 4.78 is 17.7. The minimum Gasteiger partial charge on any atom is -0.496 e. The van der Waals surface area contributed by atoms with Crippen molar-refractivity contribution in [2.24, 2.45) is 22.7 Å². The second-order valence-corrected chi connectivity index (χ2v) is 10.9. The molecule has 1 spiro atoms. The molecule has 2 aliphatic heterocycles. The molecule has 2 heterocycles. The van der Waals surface area contributed by atoms with Gasteiger partial charge in [0.25, 0.3) is 0 Å². The summed E-state index contributed by atoms with van der Waals surface area (Å²) in [7, 11) is 1.75. The second kappa shape index (κ2) is 8.30. The maximum atomic E-state index is 12.1. The van der Waals surface area contributed by atoms with Crippen molar-refractivity contribution in [1.82, 2.24) is 10.2 Å². The largest absolute Gasteiger partial charge is 0.496 e. The Hall–Kier alpha value is -1.63. The fourth-order valence-electron chi connectivity index (χ4n) is 7.42. The minimum absolute atomic E-state index is 0.0791. The molecule has 6 nitrogen and oxygen atoms in total. The standard InChI is InChI=1S/C26H38N2O4/c1-17(29)27-24-25(2,3)20-14-21-23(32-10-7-26(21,24)15-20)18-5-6-22(30-4)19(13-18)16-28-8-11-31-12-9-28/h5-6,13,20-21,23-24H,7-12,14-16H2,1-4H3,(H,27,29)/t20-,21-,23-,24-,26-/m1/s1. The monoisotopic (exact) mass is 442 g/mol. The number of benzene rings is 1. The lowest BCUT2D eigenvalue weighted by atomic mass is 9.59. The van der Waals surface area contributed by atoms with Crippen LogP contribution in [0.3, 0.4) is 0 Å². The zero-order valence-electron chi connectivity index (χ0n) is 20.0. The molecule has 4 fully saturated rings. The van der Waals surface area contributed by atoms with Crippen LogP contribution < -0.4 is 10.1 Å². The Bertz CT molecular complexity index is 865. The van der Waals surface area contributed by atoms with Crippen LogP contribution in [-0.2, 0) is 20.8 Å². The van der Waals surface area contributed by atoms with Crippen LogP contribution in [0.1, 0.15) is 57.3 Å². The summed E-state index contributed by atoms with van der Waals surface area (Å²) in [4.78, 5) is 14.6. The lowest BCUT2D eigenvalue weighted by Gasteiger charge is -2.53. The van der Waals surface area contributed by atoms with E-state index in [1.54, 1.807) is 14.0 Å². The molecule has 6 heteroatoms. The van der Waals surface area contributed by atoms with Gasteiger partial charge >= 0.3 is 0 Å². The normalized spacial score (nSPS) is 36.0. The number of nitrogens with zero attached hydrogens (tertiary/aromatic N) is 1. The molecule has 1 aromatic rings. The van der Waals surface area contributed by atoms with E-state index in [2.05, 4.69) is 42.3 Å². The number of hydrogen-bond donors (Lipinski definition) is 1. The third-order valence-corrected chi connectivity index (χ3v) is 8.98. The molecule has 2 bridgehead atoms. The van der Waals surface area contributed by atoms with Crippen LogP contribution in [-0.4, -0.2) is 56.9 Å². The lowest BCUT2D eigenvalue weighted by molar-refractivity contribution is -0.136. The average Bonchev–Trinajstić information content (AvgIpc) is 3.27. The van der Waals surface area contributed by atoms with Crippen molar-refractivity contribution in [1.29, 1.82) is 0 Å². The predicted molar refractivity (Wildman–Crippen MR) is 122 cm³/mol. The van der Waals surface area contributed by atoms with E-state index in [1.807, 2.05) is 0 Å². The van der Waals surface area contributed by atoms with E-state index in [1.165, 1.54) is 24.0 Å². The molecule has 0 aromatic heterocycles. The summed E-state index contributed by atoms with van der Waals surface area (Å²) in [6.45, 7) is 11.5. The molecule has 32 heavy (non-hydrogen) atoms. The van der Waals surface area contributed by atoms with Crippen LogP contribution in [0, 0.1) is 22.7 Å². The highest BCUT2D eigenvalue weighted by molar-refractivity contribution is 5.73. The molecule has 5 rings (SSSR count). The first-order chi connectivity index (χ1) is 15.3. The first-order valence-electron chi connectivity index (χ1n) is 12.2. The van der Waals surface area contributed by atoms with Crippen LogP contribution in [0.2, 0.25) is 0 Å². The average molecular weight is 443 g/mol. The van der Waals surface area contributed by atoms with Crippen LogP contribution in [0.5, 0.6) is 5.75 Å². The third-order valence-electron chi connectivity index (χ3n) is 8.98. The van der Waals surface area contributed by atoms with Crippen molar-refractivity contribution in [3.05, 3.63) is 29.3 Å². The molecule has 2 saturated carbocycles. The Morgan fingerprint density at radius 3 is 2.75 bits per heavy atom. The molecule has 1 N–H and O–H groups in total. The predicted octanol–water partition coefficient (Wildman–Crippen LogP) is 3.55. The highest BCUT2D eigenvalue weighted by Gasteiger charge is 2.68. The van der Waals surface area contributed by atoms with Crippen LogP contribution in [0.4, 0.5) is 0 Å². The first-order valence-corrected chi connectivity index (χ1v) is 12.2. The van der Waals surface area contributed by atoms with Gasteiger partial charge in [-0.3, -0.25) is 9.69 Å². The summed E-state index contributed by atoms with van der Waals surface area (Å²) in [5, 5.41) is 3.38. The summed E-state index contributed by atoms with van der Waals surface area (Å²) in [5.74, 6) is 2.09. The number of carbonyl (C=O) groups excluding carboxylic acids is 1. The van der Waals surface area contributed by atoms with Gasteiger partial charge in [-0.05, 0) is 59.6 Å². The molecule has 0 unspecified atom stereocenters. The molecule has 4 aliphatic rings. The number of methoxy groups -OCH3 is 1. The summed E-state index contributed by atoms with van der Waals surface area (Å²) >= 11 is 0. The van der Waals surface area contributed by atoms with E-state index in [0.717, 1.165) is 51.6 Å². The molecular formula is C26H38N2O4. The van der Waals surface area contributed by atoms with Gasteiger partial charge in [0.15, 0.2) is 0 Å². The van der Waals surface area contributed by atoms with Gasteiger partial charge < -0.3 is 19.5 Å². The van der Waals surface area contributed by atoms with E-state index < -0.39 is 0 Å². The van der Waals surface area contributed by atoms with Gasteiger partial charge in [-0.15, -0.1) is 0 Å². The fraction of sp³-hybridized carbons (Fsp3) is 0.731. The molecule has 1 amide bonds. The van der Waals surface area contributed by atoms with Gasteiger partial charge in [-0.25, -0.2) is 0 Å². The van der Waals surface area contributed by atoms with Crippen LogP contribution in [0.25, 0.3) is 0 Å². The minimum atomic E-state index is 0.0791. The first kappa shape index (κ1) is 22.2. The maximum Gasteiger partial charge on any atom is 0.217 e. The SMILES string of the molecule is COc1ccc([C@H]2OCC[C@@]34C[C@@H](C[C@H]23)C(C)(C)[C@H]4NC(C)=O)cc1CN1CCOCC1. The van der Waals surface area contributed by atoms with Crippen molar-refractivity contribution in [2.75, 3.05) is 40.0 Å². The molecule has 2 saturated heterocycles. The quantitative estimate of drug-likeness (QED) is 0.756. The highest BCUT2D eigenvalue weighted by atomic mass is 16.5. The Balaban J connectivity index is 1.44. The van der Waals surface area contributed by atoms with Crippen LogP contribution in [0.15, 0.2) is 18.2 Å². The molecular weight excluding hydrogens is 404 g/mol. The van der Waals surface area contributed by atoms with E-state index in [0.29, 0.717) is 11.8 Å². The number of nitrogens with one attached hydrogen (secondary N) is 1. The summed E-state index contributed by atoms with van der Waals surface area (Å²) in [5.41, 5.74) is 2.74. The van der Waals surface area contributed by atoms with Crippen molar-refractivity contribution >= 4 is 5.91 Å². The van der Waals surface area contributed by atoms with Gasteiger partial charge in [0.2, 0.25) is 5.91 Å². The van der Waals surface area contributed by atoms with E-state index in [-0.39, 0.29) is 28.9 Å². The number of carbonyl (C=O) groups is 1. The Kier molecular flexibility index (Phi) is 5.75. The van der Waals surface area contributed by atoms with Crippen molar-refractivity contribution in [3.63, 3.8) is 0 Å². The van der Waals surface area contributed by atoms with Crippen molar-refractivity contribution in [2.45, 2.75) is 58.7 Å². The molecule has 5 atom stereocenters. The van der Waals surface area contributed by atoms with Gasteiger partial charge in [-0.2, -0.15) is 0 Å². The fourth-order valence-corrected chi connectivity index (χ4v) is 7.42. The van der Waals surface area contributed by atoms with E-state index >= 15 is 0 Å². The topological polar surface area (TPSA) is 60.0 Å². The third kappa shape index (κ3) is 3.55. The highest BCUT2D eigenvalue weighted by Crippen LogP contribution is 2.70. The van der Waals surface area contributed by atoms with Gasteiger partial charge in [0.05, 0.1) is 26.4 Å². The Morgan fingerprint density at radius 1 is 1.25 bits per heavy atom. The number of ether oxygens (including phenoxy) is 3. The zero-order valence-corrected chi connectivity index (χ0v) is 20.0. The van der Waals surface area contributed by atoms with Crippen LogP contribution >= 0.6 is 0 Å². The number of fused-ring (bicyclic) bond motifs is 1. The van der Waals surface area contributed by atoms with Gasteiger partial charge in [0, 0.05) is 44.8 Å². The molecule has 1 aromatic carbocycles. The van der Waals surface area contributed by atoms with Crippen molar-refractivity contribution in [3.8, 4) is 5.75 Å². The van der Waals surface area contributed by atoms with Gasteiger partial charge in [0.1, 0.15) is 5.75 Å². The number of amides is 1. The Labute approximate surface area is 192 Å². The summed E-state index contributed by atoms with van der Waals surface area (Å²) in [6.07, 6.45) is 3.50. The second-order valence-electron chi connectivity index (χ2n) is 10.9. The van der Waals surface area contributed by atoms with Crippen molar-refractivity contribution < 1.29 is 19.0 Å². The smallest absolute Gasteiger partial charge is 0.217 e. The summed E-state index contributed by atoms with van der Waals surface area (Å²) in [6, 6.07) is 6.82. The number of rotatable bonds is 5. The number of morpholine rings is 1. The molecule has 2 aliphatic carbocycles. The molecule has 0 radical (unpaired) electrons. The van der Waals surface area contributed by atoms with Gasteiger partial charge in [-0.1, -0.05) is 19.9 Å². The van der Waals surface area contributed by atoms with E-state index in [4.69, 9.17) is 14.2 Å². The number of hydrogen-bond acceptors (Lipinski definition) is 5. The van der Waals surface area contributed by atoms with E-state index in [9.17, 15) is 4.79 Å². The lowest BCUT2D eigenvalue weighted by Crippen LogP contribution is -2.58. The zero-order chi connectivity index (χ0) is 22.5. The molecule has 176 valence electrons. The maximum absolute atomic E-state index is 12.1.